The lowest BCUT2D eigenvalue weighted by Crippen LogP contribution is -2.20. The smallest absolute Gasteiger partial charge is 0.0372 e. The lowest BCUT2D eigenvalue weighted by atomic mass is 9.82. The van der Waals surface area contributed by atoms with E-state index in [2.05, 4.69) is 117 Å². The van der Waals surface area contributed by atoms with Crippen LogP contribution in [-0.4, -0.2) is 11.9 Å². The van der Waals surface area contributed by atoms with Crippen LogP contribution in [0.1, 0.15) is 62.3 Å². The van der Waals surface area contributed by atoms with E-state index in [1.807, 2.05) is 0 Å². The van der Waals surface area contributed by atoms with E-state index in [0.717, 1.165) is 0 Å². The van der Waals surface area contributed by atoms with E-state index in [1.54, 1.807) is 0 Å². The summed E-state index contributed by atoms with van der Waals surface area (Å²) in [7, 11) is 2.18. The van der Waals surface area contributed by atoms with Crippen molar-refractivity contribution in [2.45, 2.75) is 62.3 Å². The minimum atomic E-state index is 0.103. The molecule has 2 aliphatic rings. The molecule has 1 unspecified atom stereocenters. The molecule has 0 saturated carbocycles. The molecule has 0 aromatic rings. The van der Waals surface area contributed by atoms with Crippen LogP contribution in [0.3, 0.4) is 0 Å². The zero-order valence-electron chi connectivity index (χ0n) is 19.8. The van der Waals surface area contributed by atoms with Gasteiger partial charge < -0.3 is 4.90 Å². The maximum absolute atomic E-state index is 2.46. The molecule has 1 aliphatic carbocycles. The Bertz CT molecular complexity index is 760. The van der Waals surface area contributed by atoms with Crippen molar-refractivity contribution in [3.05, 3.63) is 70.6 Å². The predicted octanol–water partition coefficient (Wildman–Crippen LogP) is 7.68. The van der Waals surface area contributed by atoms with Crippen LogP contribution < -0.4 is 0 Å². The highest BCUT2D eigenvalue weighted by molar-refractivity contribution is 5.47. The molecule has 28 heavy (non-hydrogen) atoms. The van der Waals surface area contributed by atoms with E-state index in [-0.39, 0.29) is 5.41 Å². The third kappa shape index (κ3) is 5.19. The number of allylic oxidation sites excluding steroid dienone is 10. The average molecular weight is 380 g/mol. The summed E-state index contributed by atoms with van der Waals surface area (Å²) in [5.74, 6) is 1.96. The van der Waals surface area contributed by atoms with Gasteiger partial charge in [0, 0.05) is 30.3 Å². The molecule has 0 aromatic heterocycles. The summed E-state index contributed by atoms with van der Waals surface area (Å²) < 4.78 is 0. The molecule has 0 radical (unpaired) electrons. The Labute approximate surface area is 174 Å². The van der Waals surface area contributed by atoms with Crippen LogP contribution in [0, 0.1) is 29.1 Å². The molecule has 154 valence electrons. The van der Waals surface area contributed by atoms with Gasteiger partial charge in [-0.05, 0) is 46.1 Å². The standard InChI is InChI=1S/C27H41N/c1-18(2)24-15-22(28(10)17-26(24)20(5)6)14-21(7)23-12-11-13-27(8,9)16-25(23)19(3)4/h11-21H,1-10H3/b22-14+. The van der Waals surface area contributed by atoms with Crippen LogP contribution >= 0.6 is 0 Å². The highest BCUT2D eigenvalue weighted by atomic mass is 15.1. The first-order valence-electron chi connectivity index (χ1n) is 10.9. The first-order chi connectivity index (χ1) is 12.9. The number of hydrogen-bond donors (Lipinski definition) is 0. The van der Waals surface area contributed by atoms with Crippen LogP contribution in [0.5, 0.6) is 0 Å². The van der Waals surface area contributed by atoms with Crippen molar-refractivity contribution >= 4 is 0 Å². The van der Waals surface area contributed by atoms with Gasteiger partial charge in [-0.25, -0.2) is 0 Å². The lowest BCUT2D eigenvalue weighted by molar-refractivity contribution is 0.540. The zero-order valence-corrected chi connectivity index (χ0v) is 19.8. The molecule has 1 heterocycles. The van der Waals surface area contributed by atoms with Gasteiger partial charge in [0.25, 0.3) is 0 Å². The van der Waals surface area contributed by atoms with E-state index in [4.69, 9.17) is 0 Å². The van der Waals surface area contributed by atoms with Gasteiger partial charge in [0.05, 0.1) is 0 Å². The molecule has 0 amide bonds. The predicted molar refractivity (Wildman–Crippen MR) is 125 cm³/mol. The fourth-order valence-electron chi connectivity index (χ4n) is 4.14. The minimum Gasteiger partial charge on any atom is -0.351 e. The Morgan fingerprint density at radius 2 is 1.39 bits per heavy atom. The zero-order chi connectivity index (χ0) is 21.2. The molecule has 2 rings (SSSR count). The fourth-order valence-corrected chi connectivity index (χ4v) is 4.14. The Morgan fingerprint density at radius 3 is 1.93 bits per heavy atom. The maximum Gasteiger partial charge on any atom is 0.0372 e. The SMILES string of the molecule is CC(C)C1=C/C(=C\C(C)C2=CC=CC(C)(C)C=C2C(C)C)N(C)C=C1C(C)C. The second-order valence-corrected chi connectivity index (χ2v) is 10.0. The summed E-state index contributed by atoms with van der Waals surface area (Å²) in [6, 6.07) is 0. The quantitative estimate of drug-likeness (QED) is 0.473. The lowest BCUT2D eigenvalue weighted by Gasteiger charge is -2.31. The van der Waals surface area contributed by atoms with Crippen molar-refractivity contribution in [3.63, 3.8) is 0 Å². The topological polar surface area (TPSA) is 3.24 Å². The summed E-state index contributed by atoms with van der Waals surface area (Å²) in [6.45, 7) is 20.7. The molecule has 1 atom stereocenters. The Morgan fingerprint density at radius 1 is 0.821 bits per heavy atom. The van der Waals surface area contributed by atoms with Crippen molar-refractivity contribution < 1.29 is 0 Å². The van der Waals surface area contributed by atoms with Gasteiger partial charge in [-0.2, -0.15) is 0 Å². The highest BCUT2D eigenvalue weighted by Gasteiger charge is 2.23. The van der Waals surface area contributed by atoms with Crippen molar-refractivity contribution in [3.8, 4) is 0 Å². The van der Waals surface area contributed by atoms with Crippen molar-refractivity contribution in [1.29, 1.82) is 0 Å². The first-order valence-corrected chi connectivity index (χ1v) is 10.9. The highest BCUT2D eigenvalue weighted by Crippen LogP contribution is 2.37. The van der Waals surface area contributed by atoms with Gasteiger partial charge in [-0.15, -0.1) is 0 Å². The van der Waals surface area contributed by atoms with Gasteiger partial charge in [0.15, 0.2) is 0 Å². The van der Waals surface area contributed by atoms with Crippen molar-refractivity contribution in [2.75, 3.05) is 7.05 Å². The molecule has 0 spiro atoms. The molecule has 0 aromatic carbocycles. The molecule has 1 heteroatoms. The maximum atomic E-state index is 2.46. The normalized spacial score (nSPS) is 22.3. The van der Waals surface area contributed by atoms with Crippen LogP contribution in [-0.2, 0) is 0 Å². The monoisotopic (exact) mass is 379 g/mol. The van der Waals surface area contributed by atoms with Crippen LogP contribution in [0.4, 0.5) is 0 Å². The Hall–Kier alpha value is -1.76. The summed E-state index contributed by atoms with van der Waals surface area (Å²) in [4.78, 5) is 2.30. The fraction of sp³-hybridized carbons (Fsp3) is 0.556. The van der Waals surface area contributed by atoms with Gasteiger partial charge in [-0.3, -0.25) is 0 Å². The molecule has 0 N–H and O–H groups in total. The third-order valence-corrected chi connectivity index (χ3v) is 5.82. The van der Waals surface area contributed by atoms with Crippen LogP contribution in [0.2, 0.25) is 0 Å². The second kappa shape index (κ2) is 8.72. The largest absolute Gasteiger partial charge is 0.351 e. The van der Waals surface area contributed by atoms with Crippen LogP contribution in [0.25, 0.3) is 0 Å². The Kier molecular flexibility index (Phi) is 7.02. The number of nitrogens with zero attached hydrogens (tertiary/aromatic N) is 1. The summed E-state index contributed by atoms with van der Waals surface area (Å²) in [6.07, 6.45) is 16.5. The molecule has 0 bridgehead atoms. The average Bonchev–Trinajstić information content (AvgIpc) is 2.74. The molecule has 0 fully saturated rings. The molecule has 1 aliphatic heterocycles. The van der Waals surface area contributed by atoms with Crippen molar-refractivity contribution in [2.24, 2.45) is 29.1 Å². The Balaban J connectivity index is 2.44. The summed E-state index contributed by atoms with van der Waals surface area (Å²) in [5, 5.41) is 0. The summed E-state index contributed by atoms with van der Waals surface area (Å²) in [5.41, 5.74) is 7.26. The molecular weight excluding hydrogens is 338 g/mol. The third-order valence-electron chi connectivity index (χ3n) is 5.82. The van der Waals surface area contributed by atoms with Gasteiger partial charge in [-0.1, -0.05) is 92.7 Å². The van der Waals surface area contributed by atoms with Crippen molar-refractivity contribution in [1.82, 2.24) is 4.90 Å². The van der Waals surface area contributed by atoms with Gasteiger partial charge >= 0.3 is 0 Å². The number of rotatable bonds is 5. The van der Waals surface area contributed by atoms with E-state index >= 15 is 0 Å². The second-order valence-electron chi connectivity index (χ2n) is 10.0. The first kappa shape index (κ1) is 22.5. The van der Waals surface area contributed by atoms with Crippen LogP contribution in [0.15, 0.2) is 70.6 Å². The number of likely N-dealkylation sites (N-methyl/N-ethyl adjacent to an activating group) is 1. The van der Waals surface area contributed by atoms with E-state index < -0.39 is 0 Å². The summed E-state index contributed by atoms with van der Waals surface area (Å²) >= 11 is 0. The molecule has 1 nitrogen and oxygen atoms in total. The van der Waals surface area contributed by atoms with E-state index in [9.17, 15) is 0 Å². The molecule has 0 saturated heterocycles. The van der Waals surface area contributed by atoms with E-state index in [0.29, 0.717) is 23.7 Å². The van der Waals surface area contributed by atoms with E-state index in [1.165, 1.54) is 28.0 Å². The minimum absolute atomic E-state index is 0.103. The molecular formula is C27H41N. The van der Waals surface area contributed by atoms with Gasteiger partial charge in [0.1, 0.15) is 0 Å². The number of hydrogen-bond acceptors (Lipinski definition) is 1. The van der Waals surface area contributed by atoms with Gasteiger partial charge in [0.2, 0.25) is 0 Å².